The Morgan fingerprint density at radius 2 is 2.16 bits per heavy atom. The molecule has 0 fully saturated rings. The summed E-state index contributed by atoms with van der Waals surface area (Å²) in [6.07, 6.45) is 1.24. The molecule has 1 rings (SSSR count). The number of sulfone groups is 1. The van der Waals surface area contributed by atoms with Crippen LogP contribution >= 0.6 is 0 Å². The summed E-state index contributed by atoms with van der Waals surface area (Å²) in [5.41, 5.74) is 7.23. The molecule has 106 valence electrons. The molecule has 0 radical (unpaired) electrons. The largest absolute Gasteiger partial charge is 0.349 e. The lowest BCUT2D eigenvalue weighted by Crippen LogP contribution is -2.41. The number of carbonyl (C=O) groups is 1. The third-order valence-electron chi connectivity index (χ3n) is 2.53. The van der Waals surface area contributed by atoms with E-state index in [1.807, 2.05) is 19.1 Å². The Bertz CT molecular complexity index is 543. The number of nitrogens with two attached hydrogens (primary N) is 1. The van der Waals surface area contributed by atoms with Crippen molar-refractivity contribution < 1.29 is 13.2 Å². The zero-order valence-electron chi connectivity index (χ0n) is 11.1. The van der Waals surface area contributed by atoms with Crippen LogP contribution in [0.15, 0.2) is 18.2 Å². The Labute approximate surface area is 113 Å². The molecule has 19 heavy (non-hydrogen) atoms. The van der Waals surface area contributed by atoms with Crippen LogP contribution in [0.25, 0.3) is 0 Å². The van der Waals surface area contributed by atoms with Crippen molar-refractivity contribution in [1.29, 1.82) is 0 Å². The number of carbonyl (C=O) groups excluding carboxylic acids is 1. The third-order valence-corrected chi connectivity index (χ3v) is 3.50. The van der Waals surface area contributed by atoms with Gasteiger partial charge in [0.15, 0.2) is 0 Å². The summed E-state index contributed by atoms with van der Waals surface area (Å²) in [5.74, 6) is -0.462. The van der Waals surface area contributed by atoms with Gasteiger partial charge < -0.3 is 11.1 Å². The monoisotopic (exact) mass is 285 g/mol. The highest BCUT2D eigenvalue weighted by atomic mass is 32.2. The van der Waals surface area contributed by atoms with Gasteiger partial charge in [0.05, 0.1) is 24.0 Å². The van der Waals surface area contributed by atoms with Gasteiger partial charge in [-0.15, -0.1) is 0 Å². The van der Waals surface area contributed by atoms with Crippen molar-refractivity contribution in [3.63, 3.8) is 0 Å². The van der Waals surface area contributed by atoms with Gasteiger partial charge in [0.2, 0.25) is 5.91 Å². The zero-order valence-corrected chi connectivity index (χ0v) is 11.9. The van der Waals surface area contributed by atoms with E-state index in [-0.39, 0.29) is 24.6 Å². The molecule has 1 unspecified atom stereocenters. The molecule has 0 aliphatic rings. The highest BCUT2D eigenvalue weighted by molar-refractivity contribution is 7.90. The van der Waals surface area contributed by atoms with Gasteiger partial charge in [0, 0.05) is 11.9 Å². The summed E-state index contributed by atoms with van der Waals surface area (Å²) >= 11 is 0. The maximum atomic E-state index is 11.7. The first-order valence-corrected chi connectivity index (χ1v) is 7.97. The molecule has 0 aliphatic carbocycles. The number of rotatable bonds is 6. The summed E-state index contributed by atoms with van der Waals surface area (Å²) in [4.78, 5) is 15.9. The van der Waals surface area contributed by atoms with Gasteiger partial charge >= 0.3 is 0 Å². The van der Waals surface area contributed by atoms with Gasteiger partial charge in [-0.05, 0) is 25.5 Å². The molecule has 0 bridgehead atoms. The van der Waals surface area contributed by atoms with Crippen molar-refractivity contribution in [3.8, 4) is 0 Å². The Balaban J connectivity index is 2.42. The Morgan fingerprint density at radius 3 is 2.74 bits per heavy atom. The molecular weight excluding hydrogens is 266 g/mol. The van der Waals surface area contributed by atoms with E-state index in [1.54, 1.807) is 6.07 Å². The highest BCUT2D eigenvalue weighted by Crippen LogP contribution is 1.99. The number of hydrogen-bond donors (Lipinski definition) is 2. The SMILES string of the molecule is Cc1cccc(CNC(=O)C(N)CCS(C)(=O)=O)n1. The van der Waals surface area contributed by atoms with Crippen LogP contribution in [-0.4, -0.2) is 37.4 Å². The molecule has 0 spiro atoms. The standard InChI is InChI=1S/C12H19N3O3S/c1-9-4-3-5-10(15-9)8-14-12(16)11(13)6-7-19(2,17)18/h3-5,11H,6-8,13H2,1-2H3,(H,14,16). The lowest BCUT2D eigenvalue weighted by atomic mass is 10.2. The number of nitrogens with zero attached hydrogens (tertiary/aromatic N) is 1. The van der Waals surface area contributed by atoms with Crippen LogP contribution in [0.2, 0.25) is 0 Å². The molecule has 0 saturated heterocycles. The van der Waals surface area contributed by atoms with Crippen LogP contribution in [0.5, 0.6) is 0 Å². The quantitative estimate of drug-likeness (QED) is 0.751. The van der Waals surface area contributed by atoms with Gasteiger partial charge in [-0.2, -0.15) is 0 Å². The number of aromatic nitrogens is 1. The van der Waals surface area contributed by atoms with Gasteiger partial charge in [0.25, 0.3) is 0 Å². The molecule has 0 saturated carbocycles. The fraction of sp³-hybridized carbons (Fsp3) is 0.500. The second kappa shape index (κ2) is 6.63. The Kier molecular flexibility index (Phi) is 5.44. The van der Waals surface area contributed by atoms with Crippen molar-refractivity contribution >= 4 is 15.7 Å². The second-order valence-corrected chi connectivity index (χ2v) is 6.77. The molecule has 1 aromatic heterocycles. The van der Waals surface area contributed by atoms with E-state index >= 15 is 0 Å². The van der Waals surface area contributed by atoms with E-state index in [4.69, 9.17) is 5.73 Å². The van der Waals surface area contributed by atoms with Crippen molar-refractivity contribution in [2.24, 2.45) is 5.73 Å². The maximum Gasteiger partial charge on any atom is 0.237 e. The summed E-state index contributed by atoms with van der Waals surface area (Å²) in [6.45, 7) is 2.15. The summed E-state index contributed by atoms with van der Waals surface area (Å²) in [6, 6.07) is 4.70. The summed E-state index contributed by atoms with van der Waals surface area (Å²) in [7, 11) is -3.10. The Hall–Kier alpha value is -1.47. The minimum atomic E-state index is -3.10. The molecule has 1 amide bonds. The minimum Gasteiger partial charge on any atom is -0.349 e. The number of amides is 1. The fourth-order valence-corrected chi connectivity index (χ4v) is 2.16. The van der Waals surface area contributed by atoms with E-state index in [0.29, 0.717) is 0 Å². The van der Waals surface area contributed by atoms with Crippen LogP contribution in [0, 0.1) is 6.92 Å². The Morgan fingerprint density at radius 1 is 1.47 bits per heavy atom. The van der Waals surface area contributed by atoms with E-state index in [1.165, 1.54) is 0 Å². The topological polar surface area (TPSA) is 102 Å². The number of aryl methyl sites for hydroxylation is 1. The molecule has 6 nitrogen and oxygen atoms in total. The zero-order chi connectivity index (χ0) is 14.5. The van der Waals surface area contributed by atoms with Crippen molar-refractivity contribution in [3.05, 3.63) is 29.6 Å². The lowest BCUT2D eigenvalue weighted by molar-refractivity contribution is -0.122. The van der Waals surface area contributed by atoms with E-state index in [2.05, 4.69) is 10.3 Å². The molecule has 0 aromatic carbocycles. The number of pyridine rings is 1. The summed E-state index contributed by atoms with van der Waals surface area (Å²) < 4.78 is 22.0. The molecular formula is C12H19N3O3S. The van der Waals surface area contributed by atoms with E-state index in [0.717, 1.165) is 17.6 Å². The van der Waals surface area contributed by atoms with Crippen LogP contribution in [0.1, 0.15) is 17.8 Å². The molecule has 1 aromatic rings. The first kappa shape index (κ1) is 15.6. The van der Waals surface area contributed by atoms with Crippen LogP contribution in [-0.2, 0) is 21.2 Å². The minimum absolute atomic E-state index is 0.0930. The normalized spacial score (nSPS) is 13.0. The van der Waals surface area contributed by atoms with Crippen LogP contribution in [0.4, 0.5) is 0 Å². The predicted molar refractivity (Wildman–Crippen MR) is 73.1 cm³/mol. The first-order valence-electron chi connectivity index (χ1n) is 5.91. The summed E-state index contributed by atoms with van der Waals surface area (Å²) in [5, 5.41) is 2.64. The van der Waals surface area contributed by atoms with Crippen molar-refractivity contribution in [1.82, 2.24) is 10.3 Å². The smallest absolute Gasteiger partial charge is 0.237 e. The van der Waals surface area contributed by atoms with E-state index in [9.17, 15) is 13.2 Å². The number of hydrogen-bond acceptors (Lipinski definition) is 5. The maximum absolute atomic E-state index is 11.7. The molecule has 1 atom stereocenters. The van der Waals surface area contributed by atoms with Crippen molar-refractivity contribution in [2.45, 2.75) is 25.9 Å². The van der Waals surface area contributed by atoms with Gasteiger partial charge in [-0.25, -0.2) is 8.42 Å². The average Bonchev–Trinajstić information content (AvgIpc) is 2.32. The third kappa shape index (κ3) is 6.30. The first-order chi connectivity index (χ1) is 8.78. The van der Waals surface area contributed by atoms with Crippen molar-refractivity contribution in [2.75, 3.05) is 12.0 Å². The van der Waals surface area contributed by atoms with E-state index < -0.39 is 15.9 Å². The van der Waals surface area contributed by atoms with Crippen LogP contribution in [0.3, 0.4) is 0 Å². The number of nitrogens with one attached hydrogen (secondary N) is 1. The fourth-order valence-electron chi connectivity index (χ4n) is 1.48. The van der Waals surface area contributed by atoms with Gasteiger partial charge in [0.1, 0.15) is 9.84 Å². The van der Waals surface area contributed by atoms with Gasteiger partial charge in [-0.1, -0.05) is 6.07 Å². The molecule has 3 N–H and O–H groups in total. The van der Waals surface area contributed by atoms with Gasteiger partial charge in [-0.3, -0.25) is 9.78 Å². The lowest BCUT2D eigenvalue weighted by Gasteiger charge is -2.11. The molecule has 1 heterocycles. The highest BCUT2D eigenvalue weighted by Gasteiger charge is 2.15. The molecule has 0 aliphatic heterocycles. The predicted octanol–water partition coefficient (Wildman–Crippen LogP) is -0.232. The second-order valence-electron chi connectivity index (χ2n) is 4.51. The molecule has 7 heteroatoms. The average molecular weight is 285 g/mol. The van der Waals surface area contributed by atoms with Crippen LogP contribution < -0.4 is 11.1 Å².